The molecule has 94 valence electrons. The van der Waals surface area contributed by atoms with Crippen molar-refractivity contribution < 1.29 is 4.74 Å². The highest BCUT2D eigenvalue weighted by Crippen LogP contribution is 2.31. The molecule has 1 aromatic carbocycles. The third-order valence-electron chi connectivity index (χ3n) is 2.89. The summed E-state index contributed by atoms with van der Waals surface area (Å²) < 4.78 is 6.55. The number of halogens is 1. The van der Waals surface area contributed by atoms with Crippen molar-refractivity contribution in [1.29, 1.82) is 0 Å². The fraction of sp³-hybridized carbons (Fsp3) is 0.308. The average Bonchev–Trinajstić information content (AvgIpc) is 2.90. The van der Waals surface area contributed by atoms with E-state index < -0.39 is 0 Å². The molecule has 2 aromatic rings. The van der Waals surface area contributed by atoms with Gasteiger partial charge in [0.05, 0.1) is 24.9 Å². The normalized spacial score (nSPS) is 19.9. The fourth-order valence-corrected chi connectivity index (χ4v) is 3.33. The van der Waals surface area contributed by atoms with Crippen LogP contribution in [0, 0.1) is 0 Å². The topological polar surface area (TPSA) is 34.1 Å². The van der Waals surface area contributed by atoms with Crippen LogP contribution in [0.5, 0.6) is 0 Å². The molecule has 0 spiro atoms. The first-order valence-corrected chi connectivity index (χ1v) is 7.53. The maximum atomic E-state index is 5.47. The summed E-state index contributed by atoms with van der Waals surface area (Å²) in [7, 11) is 0. The van der Waals surface area contributed by atoms with Crippen LogP contribution in [0.4, 0.5) is 0 Å². The molecule has 0 amide bonds. The number of rotatable bonds is 2. The van der Waals surface area contributed by atoms with E-state index >= 15 is 0 Å². The lowest BCUT2D eigenvalue weighted by Crippen LogP contribution is -2.34. The monoisotopic (exact) mass is 324 g/mol. The Morgan fingerprint density at radius 2 is 2.28 bits per heavy atom. The highest BCUT2D eigenvalue weighted by atomic mass is 79.9. The zero-order valence-corrected chi connectivity index (χ0v) is 12.1. The number of ether oxygens (including phenoxy) is 1. The lowest BCUT2D eigenvalue weighted by molar-refractivity contribution is 0.0768. The summed E-state index contributed by atoms with van der Waals surface area (Å²) in [6.07, 6.45) is 0. The molecule has 3 nitrogen and oxygen atoms in total. The summed E-state index contributed by atoms with van der Waals surface area (Å²) in [4.78, 5) is 4.71. The Hall–Kier alpha value is -0.750. The van der Waals surface area contributed by atoms with E-state index in [0.717, 1.165) is 33.9 Å². The Bertz CT molecular complexity index is 537. The standard InChI is InChI=1S/C13H13BrN2OS/c14-10-4-2-1-3-9(10)12-8-18-13(16-12)11-7-17-6-5-15-11/h1-4,8,11,15H,5-7H2. The minimum absolute atomic E-state index is 0.236. The molecule has 2 heterocycles. The van der Waals surface area contributed by atoms with E-state index in [1.807, 2.05) is 18.2 Å². The van der Waals surface area contributed by atoms with Gasteiger partial charge in [-0.25, -0.2) is 4.98 Å². The molecule has 0 bridgehead atoms. The van der Waals surface area contributed by atoms with Gasteiger partial charge in [0.15, 0.2) is 0 Å². The van der Waals surface area contributed by atoms with Crippen LogP contribution in [0.1, 0.15) is 11.0 Å². The van der Waals surface area contributed by atoms with Gasteiger partial charge in [0.25, 0.3) is 0 Å². The minimum Gasteiger partial charge on any atom is -0.378 e. The van der Waals surface area contributed by atoms with Crippen LogP contribution in [0.2, 0.25) is 0 Å². The Kier molecular flexibility index (Phi) is 3.75. The number of nitrogens with zero attached hydrogens (tertiary/aromatic N) is 1. The maximum Gasteiger partial charge on any atom is 0.113 e. The highest BCUT2D eigenvalue weighted by Gasteiger charge is 2.19. The van der Waals surface area contributed by atoms with Gasteiger partial charge in [-0.1, -0.05) is 34.1 Å². The summed E-state index contributed by atoms with van der Waals surface area (Å²) >= 11 is 5.25. The van der Waals surface area contributed by atoms with Crippen LogP contribution >= 0.6 is 27.3 Å². The van der Waals surface area contributed by atoms with E-state index in [4.69, 9.17) is 9.72 Å². The number of nitrogens with one attached hydrogen (secondary N) is 1. The zero-order chi connectivity index (χ0) is 12.4. The largest absolute Gasteiger partial charge is 0.378 e. The molecule has 0 saturated carbocycles. The zero-order valence-electron chi connectivity index (χ0n) is 9.73. The molecular weight excluding hydrogens is 312 g/mol. The molecular formula is C13H13BrN2OS. The van der Waals surface area contributed by atoms with Crippen LogP contribution in [0.25, 0.3) is 11.3 Å². The fourth-order valence-electron chi connectivity index (χ4n) is 1.96. The molecule has 1 fully saturated rings. The van der Waals surface area contributed by atoms with Gasteiger partial charge in [-0.15, -0.1) is 11.3 Å². The third-order valence-corrected chi connectivity index (χ3v) is 4.54. The van der Waals surface area contributed by atoms with Crippen LogP contribution in [-0.4, -0.2) is 24.7 Å². The highest BCUT2D eigenvalue weighted by molar-refractivity contribution is 9.10. The van der Waals surface area contributed by atoms with Crippen LogP contribution in [0.15, 0.2) is 34.1 Å². The Balaban J connectivity index is 1.87. The average molecular weight is 325 g/mol. The second-order valence-corrected chi connectivity index (χ2v) is 5.88. The van der Waals surface area contributed by atoms with Crippen molar-refractivity contribution in [2.24, 2.45) is 0 Å². The Morgan fingerprint density at radius 3 is 3.06 bits per heavy atom. The van der Waals surface area contributed by atoms with E-state index in [9.17, 15) is 0 Å². The van der Waals surface area contributed by atoms with E-state index in [1.54, 1.807) is 11.3 Å². The summed E-state index contributed by atoms with van der Waals surface area (Å²) in [5, 5.41) is 6.63. The van der Waals surface area contributed by atoms with E-state index in [1.165, 1.54) is 0 Å². The van der Waals surface area contributed by atoms with Crippen LogP contribution in [-0.2, 0) is 4.74 Å². The Labute approximate surface area is 118 Å². The summed E-state index contributed by atoms with van der Waals surface area (Å²) in [5.41, 5.74) is 2.16. The second kappa shape index (κ2) is 5.48. The number of thiazole rings is 1. The van der Waals surface area contributed by atoms with E-state index in [0.29, 0.717) is 6.61 Å². The van der Waals surface area contributed by atoms with Crippen molar-refractivity contribution in [2.45, 2.75) is 6.04 Å². The minimum atomic E-state index is 0.236. The lowest BCUT2D eigenvalue weighted by Gasteiger charge is -2.21. The molecule has 0 radical (unpaired) electrons. The van der Waals surface area contributed by atoms with Gasteiger partial charge in [0.1, 0.15) is 5.01 Å². The van der Waals surface area contributed by atoms with Gasteiger partial charge in [0, 0.05) is 22.0 Å². The maximum absolute atomic E-state index is 5.47. The molecule has 1 aromatic heterocycles. The van der Waals surface area contributed by atoms with Gasteiger partial charge < -0.3 is 10.1 Å². The SMILES string of the molecule is Brc1ccccc1-c1csc(C2COCCN2)n1. The number of aromatic nitrogens is 1. The van der Waals surface area contributed by atoms with Crippen molar-refractivity contribution in [3.8, 4) is 11.3 Å². The quantitative estimate of drug-likeness (QED) is 0.920. The number of benzene rings is 1. The molecule has 5 heteroatoms. The van der Waals surface area contributed by atoms with Crippen LogP contribution < -0.4 is 5.32 Å². The van der Waals surface area contributed by atoms with Crippen molar-refractivity contribution >= 4 is 27.3 Å². The summed E-state index contributed by atoms with van der Waals surface area (Å²) in [6, 6.07) is 8.39. The first-order chi connectivity index (χ1) is 8.84. The van der Waals surface area contributed by atoms with Crippen molar-refractivity contribution in [3.63, 3.8) is 0 Å². The lowest BCUT2D eigenvalue weighted by atomic mass is 10.2. The van der Waals surface area contributed by atoms with Crippen molar-refractivity contribution in [2.75, 3.05) is 19.8 Å². The first-order valence-electron chi connectivity index (χ1n) is 5.86. The van der Waals surface area contributed by atoms with Crippen molar-refractivity contribution in [1.82, 2.24) is 10.3 Å². The van der Waals surface area contributed by atoms with E-state index in [2.05, 4.69) is 32.7 Å². The molecule has 1 unspecified atom stereocenters. The van der Waals surface area contributed by atoms with E-state index in [-0.39, 0.29) is 6.04 Å². The molecule has 0 aliphatic carbocycles. The number of hydrogen-bond donors (Lipinski definition) is 1. The van der Waals surface area contributed by atoms with Gasteiger partial charge in [-0.05, 0) is 6.07 Å². The summed E-state index contributed by atoms with van der Waals surface area (Å²) in [5.74, 6) is 0. The van der Waals surface area contributed by atoms with Crippen LogP contribution in [0.3, 0.4) is 0 Å². The number of hydrogen-bond acceptors (Lipinski definition) is 4. The van der Waals surface area contributed by atoms with Gasteiger partial charge in [0.2, 0.25) is 0 Å². The van der Waals surface area contributed by atoms with Gasteiger partial charge in [-0.2, -0.15) is 0 Å². The molecule has 1 atom stereocenters. The number of morpholine rings is 1. The molecule has 1 aliphatic heterocycles. The smallest absolute Gasteiger partial charge is 0.113 e. The summed E-state index contributed by atoms with van der Waals surface area (Å²) in [6.45, 7) is 2.40. The van der Waals surface area contributed by atoms with Gasteiger partial charge in [-0.3, -0.25) is 0 Å². The molecule has 3 rings (SSSR count). The molecule has 18 heavy (non-hydrogen) atoms. The molecule has 1 N–H and O–H groups in total. The Morgan fingerprint density at radius 1 is 1.39 bits per heavy atom. The van der Waals surface area contributed by atoms with Crippen molar-refractivity contribution in [3.05, 3.63) is 39.1 Å². The third kappa shape index (κ3) is 2.49. The molecule has 1 aliphatic rings. The second-order valence-electron chi connectivity index (χ2n) is 4.13. The predicted octanol–water partition coefficient (Wildman–Crippen LogP) is 3.23. The molecule has 1 saturated heterocycles. The predicted molar refractivity (Wildman–Crippen MR) is 76.8 cm³/mol. The van der Waals surface area contributed by atoms with Gasteiger partial charge >= 0.3 is 0 Å². The first kappa shape index (κ1) is 12.3.